The second-order valence-electron chi connectivity index (χ2n) is 4.28. The molecule has 7 heteroatoms. The molecule has 0 heterocycles. The second kappa shape index (κ2) is 6.05. The van der Waals surface area contributed by atoms with Crippen LogP contribution >= 0.6 is 11.6 Å². The summed E-state index contributed by atoms with van der Waals surface area (Å²) in [5, 5.41) is 2.61. The monoisotopic (exact) mass is 314 g/mol. The second-order valence-corrected chi connectivity index (χ2v) is 4.69. The Kier molecular flexibility index (Phi) is 4.37. The van der Waals surface area contributed by atoms with Crippen LogP contribution in [0, 0.1) is 17.5 Å². The van der Waals surface area contributed by atoms with E-state index in [2.05, 4.69) is 5.32 Å². The molecule has 2 aromatic rings. The molecule has 0 unspecified atom stereocenters. The van der Waals surface area contributed by atoms with Crippen molar-refractivity contribution in [3.8, 4) is 0 Å². The van der Waals surface area contributed by atoms with E-state index in [9.17, 15) is 18.0 Å². The van der Waals surface area contributed by atoms with Gasteiger partial charge in [-0.15, -0.1) is 0 Å². The molecule has 1 amide bonds. The van der Waals surface area contributed by atoms with Crippen molar-refractivity contribution < 1.29 is 18.0 Å². The molecule has 0 aliphatic rings. The average Bonchev–Trinajstić information content (AvgIpc) is 2.41. The first kappa shape index (κ1) is 15.2. The molecule has 21 heavy (non-hydrogen) atoms. The number of hydrogen-bond donors (Lipinski definition) is 2. The molecule has 2 aromatic carbocycles. The quantitative estimate of drug-likeness (QED) is 0.908. The lowest BCUT2D eigenvalue weighted by Gasteiger charge is -2.10. The summed E-state index contributed by atoms with van der Waals surface area (Å²) in [4.78, 5) is 11.0. The topological polar surface area (TPSA) is 55.1 Å². The van der Waals surface area contributed by atoms with E-state index in [4.69, 9.17) is 17.3 Å². The molecule has 2 rings (SSSR count). The van der Waals surface area contributed by atoms with E-state index in [1.54, 1.807) is 6.07 Å². The lowest BCUT2D eigenvalue weighted by atomic mass is 10.1. The molecule has 0 aliphatic heterocycles. The van der Waals surface area contributed by atoms with Gasteiger partial charge in [-0.3, -0.25) is 4.79 Å². The summed E-state index contributed by atoms with van der Waals surface area (Å²) in [6.45, 7) is 0.0643. The number of carbonyl (C=O) groups is 1. The van der Waals surface area contributed by atoms with Crippen molar-refractivity contribution >= 4 is 23.2 Å². The Labute approximate surface area is 123 Å². The number of nitrogens with two attached hydrogens (primary N) is 1. The van der Waals surface area contributed by atoms with Gasteiger partial charge in [-0.1, -0.05) is 17.7 Å². The summed E-state index contributed by atoms with van der Waals surface area (Å²) in [5.41, 5.74) is 4.95. The molecular weight excluding hydrogens is 305 g/mol. The van der Waals surface area contributed by atoms with Crippen molar-refractivity contribution in [2.24, 2.45) is 5.73 Å². The fraction of sp³-hybridized carbons (Fsp3) is 0.0714. The number of rotatable bonds is 4. The minimum absolute atomic E-state index is 0.0253. The number of halogens is 4. The smallest absolute Gasteiger partial charge is 0.251 e. The number of nitrogens with one attached hydrogen (secondary N) is 1. The van der Waals surface area contributed by atoms with Gasteiger partial charge < -0.3 is 11.1 Å². The van der Waals surface area contributed by atoms with E-state index in [-0.39, 0.29) is 17.3 Å². The zero-order valence-electron chi connectivity index (χ0n) is 10.6. The van der Waals surface area contributed by atoms with E-state index in [0.717, 1.165) is 6.07 Å². The summed E-state index contributed by atoms with van der Waals surface area (Å²) in [7, 11) is 0. The van der Waals surface area contributed by atoms with Crippen LogP contribution in [0.15, 0.2) is 30.3 Å². The minimum Gasteiger partial charge on any atom is -0.379 e. The van der Waals surface area contributed by atoms with Crippen LogP contribution in [0.2, 0.25) is 5.02 Å². The number of anilines is 1. The van der Waals surface area contributed by atoms with Gasteiger partial charge in [0, 0.05) is 12.6 Å². The van der Waals surface area contributed by atoms with Crippen LogP contribution in [0.1, 0.15) is 15.9 Å². The summed E-state index contributed by atoms with van der Waals surface area (Å²) in [5.74, 6) is -3.53. The highest BCUT2D eigenvalue weighted by Gasteiger charge is 2.13. The number of primary amides is 1. The van der Waals surface area contributed by atoms with E-state index in [0.29, 0.717) is 11.6 Å². The van der Waals surface area contributed by atoms with Crippen LogP contribution in [0.3, 0.4) is 0 Å². The van der Waals surface area contributed by atoms with Gasteiger partial charge in [0.15, 0.2) is 0 Å². The molecule has 0 radical (unpaired) electrons. The highest BCUT2D eigenvalue weighted by Crippen LogP contribution is 2.21. The first-order valence-corrected chi connectivity index (χ1v) is 6.23. The lowest BCUT2D eigenvalue weighted by molar-refractivity contribution is 0.0996. The van der Waals surface area contributed by atoms with Crippen molar-refractivity contribution in [2.45, 2.75) is 6.54 Å². The van der Waals surface area contributed by atoms with E-state index in [1.807, 2.05) is 0 Å². The summed E-state index contributed by atoms with van der Waals surface area (Å²) >= 11 is 5.55. The third-order valence-corrected chi connectivity index (χ3v) is 3.10. The number of hydrogen-bond acceptors (Lipinski definition) is 2. The summed E-state index contributed by atoms with van der Waals surface area (Å²) in [6, 6.07) is 5.63. The van der Waals surface area contributed by atoms with Crippen LogP contribution in [-0.4, -0.2) is 5.91 Å². The maximum atomic E-state index is 13.6. The lowest BCUT2D eigenvalue weighted by Crippen LogP contribution is -2.14. The van der Waals surface area contributed by atoms with Crippen LogP contribution in [0.25, 0.3) is 0 Å². The standard InChI is InChI=1S/C14H10ClF3N2O/c15-9-2-1-7(3-11(9)17)6-20-13-4-8(14(19)21)10(16)5-12(13)18/h1-5,20H,6H2,(H2,19,21). The highest BCUT2D eigenvalue weighted by molar-refractivity contribution is 6.30. The predicted molar refractivity (Wildman–Crippen MR) is 73.6 cm³/mol. The van der Waals surface area contributed by atoms with E-state index in [1.165, 1.54) is 12.1 Å². The van der Waals surface area contributed by atoms with Crippen molar-refractivity contribution in [1.82, 2.24) is 0 Å². The van der Waals surface area contributed by atoms with Gasteiger partial charge in [0.05, 0.1) is 16.3 Å². The molecule has 3 N–H and O–H groups in total. The van der Waals surface area contributed by atoms with Gasteiger partial charge in [0.2, 0.25) is 0 Å². The Bertz CT molecular complexity index is 707. The normalized spacial score (nSPS) is 10.5. The van der Waals surface area contributed by atoms with Crippen molar-refractivity contribution in [1.29, 1.82) is 0 Å². The van der Waals surface area contributed by atoms with Gasteiger partial charge in [0.25, 0.3) is 5.91 Å². The Hall–Kier alpha value is -2.21. The molecule has 0 saturated carbocycles. The van der Waals surface area contributed by atoms with E-state index >= 15 is 0 Å². The van der Waals surface area contributed by atoms with Crippen LogP contribution in [0.4, 0.5) is 18.9 Å². The summed E-state index contributed by atoms with van der Waals surface area (Å²) in [6.07, 6.45) is 0. The Balaban J connectivity index is 2.21. The van der Waals surface area contributed by atoms with Crippen LogP contribution in [-0.2, 0) is 6.54 Å². The maximum absolute atomic E-state index is 13.6. The molecule has 0 fully saturated rings. The van der Waals surface area contributed by atoms with E-state index < -0.39 is 28.9 Å². The molecule has 110 valence electrons. The van der Waals surface area contributed by atoms with Crippen molar-refractivity contribution in [2.75, 3.05) is 5.32 Å². The van der Waals surface area contributed by atoms with Gasteiger partial charge in [-0.05, 0) is 23.8 Å². The zero-order chi connectivity index (χ0) is 15.6. The number of benzene rings is 2. The Morgan fingerprint density at radius 2 is 1.81 bits per heavy atom. The predicted octanol–water partition coefficient (Wildman–Crippen LogP) is 3.47. The number of carbonyl (C=O) groups excluding carboxylic acids is 1. The molecule has 0 saturated heterocycles. The fourth-order valence-corrected chi connectivity index (χ4v) is 1.84. The van der Waals surface area contributed by atoms with Crippen molar-refractivity contribution in [3.63, 3.8) is 0 Å². The Morgan fingerprint density at radius 1 is 1.10 bits per heavy atom. The molecule has 0 bridgehead atoms. The van der Waals surface area contributed by atoms with Crippen LogP contribution < -0.4 is 11.1 Å². The van der Waals surface area contributed by atoms with Gasteiger partial charge in [-0.25, -0.2) is 13.2 Å². The molecule has 0 atom stereocenters. The maximum Gasteiger partial charge on any atom is 0.251 e. The minimum atomic E-state index is -1.04. The van der Waals surface area contributed by atoms with Gasteiger partial charge in [-0.2, -0.15) is 0 Å². The molecule has 0 aromatic heterocycles. The van der Waals surface area contributed by atoms with Gasteiger partial charge in [0.1, 0.15) is 17.5 Å². The zero-order valence-corrected chi connectivity index (χ0v) is 11.3. The molecule has 3 nitrogen and oxygen atoms in total. The third-order valence-electron chi connectivity index (χ3n) is 2.79. The first-order valence-electron chi connectivity index (χ1n) is 5.85. The average molecular weight is 315 g/mol. The largest absolute Gasteiger partial charge is 0.379 e. The molecule has 0 spiro atoms. The van der Waals surface area contributed by atoms with Crippen LogP contribution in [0.5, 0.6) is 0 Å². The SMILES string of the molecule is NC(=O)c1cc(NCc2ccc(Cl)c(F)c2)c(F)cc1F. The Morgan fingerprint density at radius 3 is 2.43 bits per heavy atom. The molecule has 0 aliphatic carbocycles. The highest BCUT2D eigenvalue weighted by atomic mass is 35.5. The molecular formula is C14H10ClF3N2O. The third kappa shape index (κ3) is 3.46. The first-order chi connectivity index (χ1) is 9.88. The number of amides is 1. The summed E-state index contributed by atoms with van der Waals surface area (Å²) < 4.78 is 40.2. The fourth-order valence-electron chi connectivity index (χ4n) is 1.72. The van der Waals surface area contributed by atoms with Gasteiger partial charge >= 0.3 is 0 Å². The van der Waals surface area contributed by atoms with Crippen molar-refractivity contribution in [3.05, 3.63) is 63.9 Å².